The van der Waals surface area contributed by atoms with Crippen LogP contribution in [-0.4, -0.2) is 45.5 Å². The lowest BCUT2D eigenvalue weighted by Gasteiger charge is -2.38. The monoisotopic (exact) mass is 376 g/mol. The van der Waals surface area contributed by atoms with Crippen LogP contribution in [-0.2, 0) is 14.4 Å². The second-order valence-electron chi connectivity index (χ2n) is 7.28. The van der Waals surface area contributed by atoms with Crippen molar-refractivity contribution >= 4 is 35.2 Å². The summed E-state index contributed by atoms with van der Waals surface area (Å²) in [6, 6.07) is 5.15. The molecule has 0 radical (unpaired) electrons. The zero-order valence-corrected chi connectivity index (χ0v) is 15.9. The predicted molar refractivity (Wildman–Crippen MR) is 101 cm³/mol. The quantitative estimate of drug-likeness (QED) is 0.825. The molecule has 1 aromatic rings. The van der Waals surface area contributed by atoms with Crippen molar-refractivity contribution in [1.82, 2.24) is 4.90 Å². The highest BCUT2D eigenvalue weighted by atomic mass is 32.2. The highest BCUT2D eigenvalue weighted by Gasteiger charge is 2.48. The summed E-state index contributed by atoms with van der Waals surface area (Å²) in [6.07, 6.45) is 1.89. The standard InChI is InChI=1S/C19H24N2O4S/c1-12-4-5-14(8-13(12)2)20-17(23)15-10-26-11-21(15)16(22)9-19(18(24)25)6-3-7-19/h4-5,8,15H,3,6-7,9-11H2,1-2H3,(H,20,23)(H,24,25). The summed E-state index contributed by atoms with van der Waals surface area (Å²) in [5.74, 6) is -0.399. The van der Waals surface area contributed by atoms with Crippen LogP contribution in [0.5, 0.6) is 0 Å². The van der Waals surface area contributed by atoms with E-state index in [1.807, 2.05) is 32.0 Å². The first kappa shape index (κ1) is 18.8. The SMILES string of the molecule is Cc1ccc(NC(=O)C2CSCN2C(=O)CC2(C(=O)O)CCC2)cc1C. The molecule has 1 heterocycles. The molecule has 1 unspecified atom stereocenters. The van der Waals surface area contributed by atoms with E-state index in [-0.39, 0.29) is 18.2 Å². The topological polar surface area (TPSA) is 86.7 Å². The summed E-state index contributed by atoms with van der Waals surface area (Å²) < 4.78 is 0. The Balaban J connectivity index is 1.67. The molecule has 1 atom stereocenters. The third-order valence-corrected chi connectivity index (χ3v) is 6.55. The normalized spacial score (nSPS) is 21.2. The van der Waals surface area contributed by atoms with Crippen molar-refractivity contribution < 1.29 is 19.5 Å². The van der Waals surface area contributed by atoms with E-state index in [0.29, 0.717) is 30.2 Å². The van der Waals surface area contributed by atoms with Gasteiger partial charge in [-0.3, -0.25) is 14.4 Å². The van der Waals surface area contributed by atoms with Crippen molar-refractivity contribution in [2.45, 2.75) is 45.6 Å². The third-order valence-electron chi connectivity index (χ3n) is 5.53. The Bertz CT molecular complexity index is 745. The van der Waals surface area contributed by atoms with E-state index >= 15 is 0 Å². The maximum Gasteiger partial charge on any atom is 0.310 e. The molecule has 140 valence electrons. The highest BCUT2D eigenvalue weighted by molar-refractivity contribution is 7.99. The molecule has 2 N–H and O–H groups in total. The minimum absolute atomic E-state index is 0.0175. The Kier molecular flexibility index (Phi) is 5.27. The molecule has 1 aliphatic carbocycles. The molecule has 2 amide bonds. The lowest BCUT2D eigenvalue weighted by Crippen LogP contribution is -2.48. The van der Waals surface area contributed by atoms with Crippen molar-refractivity contribution in [3.8, 4) is 0 Å². The molecule has 0 aromatic heterocycles. The number of benzene rings is 1. The van der Waals surface area contributed by atoms with E-state index in [9.17, 15) is 19.5 Å². The van der Waals surface area contributed by atoms with Crippen LogP contribution in [0.1, 0.15) is 36.8 Å². The number of amides is 2. The molecule has 3 rings (SSSR count). The molecule has 1 saturated heterocycles. The Morgan fingerprint density at radius 2 is 2.00 bits per heavy atom. The number of thioether (sulfide) groups is 1. The first-order valence-electron chi connectivity index (χ1n) is 8.81. The number of carboxylic acids is 1. The molecule has 1 saturated carbocycles. The number of carboxylic acid groups (broad SMARTS) is 1. The smallest absolute Gasteiger partial charge is 0.310 e. The molecule has 0 spiro atoms. The summed E-state index contributed by atoms with van der Waals surface area (Å²) >= 11 is 1.52. The van der Waals surface area contributed by atoms with Gasteiger partial charge in [-0.2, -0.15) is 0 Å². The number of hydrogen-bond acceptors (Lipinski definition) is 4. The second-order valence-corrected chi connectivity index (χ2v) is 8.28. The molecule has 2 aliphatic rings. The summed E-state index contributed by atoms with van der Waals surface area (Å²) in [7, 11) is 0. The van der Waals surface area contributed by atoms with Gasteiger partial charge < -0.3 is 15.3 Å². The van der Waals surface area contributed by atoms with Crippen molar-refractivity contribution in [1.29, 1.82) is 0 Å². The summed E-state index contributed by atoms with van der Waals surface area (Å²) in [6.45, 7) is 3.99. The summed E-state index contributed by atoms with van der Waals surface area (Å²) in [5.41, 5.74) is 2.02. The van der Waals surface area contributed by atoms with Crippen molar-refractivity contribution in [3.63, 3.8) is 0 Å². The minimum Gasteiger partial charge on any atom is -0.481 e. The van der Waals surface area contributed by atoms with E-state index in [1.165, 1.54) is 16.7 Å². The van der Waals surface area contributed by atoms with Gasteiger partial charge in [0.05, 0.1) is 11.3 Å². The van der Waals surface area contributed by atoms with Crippen LogP contribution in [0.25, 0.3) is 0 Å². The third kappa shape index (κ3) is 3.58. The number of rotatable bonds is 5. The number of aliphatic carboxylic acids is 1. The highest BCUT2D eigenvalue weighted by Crippen LogP contribution is 2.45. The lowest BCUT2D eigenvalue weighted by molar-refractivity contribution is -0.159. The van der Waals surface area contributed by atoms with Gasteiger partial charge in [0, 0.05) is 17.9 Å². The molecule has 7 heteroatoms. The average Bonchev–Trinajstić information content (AvgIpc) is 3.03. The van der Waals surface area contributed by atoms with Crippen LogP contribution in [0.2, 0.25) is 0 Å². The number of nitrogens with zero attached hydrogens (tertiary/aromatic N) is 1. The van der Waals surface area contributed by atoms with Gasteiger partial charge in [-0.1, -0.05) is 12.5 Å². The van der Waals surface area contributed by atoms with Crippen molar-refractivity contribution in [3.05, 3.63) is 29.3 Å². The van der Waals surface area contributed by atoms with Crippen LogP contribution in [0, 0.1) is 19.3 Å². The van der Waals surface area contributed by atoms with E-state index in [4.69, 9.17) is 0 Å². The first-order valence-corrected chi connectivity index (χ1v) is 9.97. The Labute approximate surface area is 157 Å². The Morgan fingerprint density at radius 3 is 2.58 bits per heavy atom. The van der Waals surface area contributed by atoms with Gasteiger partial charge in [0.1, 0.15) is 6.04 Å². The van der Waals surface area contributed by atoms with E-state index < -0.39 is 17.4 Å². The van der Waals surface area contributed by atoms with Gasteiger partial charge in [0.25, 0.3) is 0 Å². The molecule has 2 fully saturated rings. The van der Waals surface area contributed by atoms with E-state index in [0.717, 1.165) is 17.5 Å². The maximum atomic E-state index is 12.7. The van der Waals surface area contributed by atoms with Gasteiger partial charge in [-0.15, -0.1) is 11.8 Å². The van der Waals surface area contributed by atoms with Gasteiger partial charge in [-0.25, -0.2) is 0 Å². The number of nitrogens with one attached hydrogen (secondary N) is 1. The molecule has 0 bridgehead atoms. The van der Waals surface area contributed by atoms with Crippen LogP contribution in [0.15, 0.2) is 18.2 Å². The number of carbonyl (C=O) groups is 3. The lowest BCUT2D eigenvalue weighted by atomic mass is 9.66. The molecule has 26 heavy (non-hydrogen) atoms. The van der Waals surface area contributed by atoms with Gasteiger partial charge in [0.2, 0.25) is 11.8 Å². The molecular weight excluding hydrogens is 352 g/mol. The zero-order valence-electron chi connectivity index (χ0n) is 15.1. The Morgan fingerprint density at radius 1 is 1.27 bits per heavy atom. The predicted octanol–water partition coefficient (Wildman–Crippen LogP) is 2.79. The fraction of sp³-hybridized carbons (Fsp3) is 0.526. The van der Waals surface area contributed by atoms with Crippen molar-refractivity contribution in [2.24, 2.45) is 5.41 Å². The first-order chi connectivity index (χ1) is 12.3. The molecular formula is C19H24N2O4S. The summed E-state index contributed by atoms with van der Waals surface area (Å²) in [4.78, 5) is 38.4. The average molecular weight is 376 g/mol. The largest absolute Gasteiger partial charge is 0.481 e. The number of hydrogen-bond donors (Lipinski definition) is 2. The number of aryl methyl sites for hydroxylation is 2. The second kappa shape index (κ2) is 7.31. The fourth-order valence-electron chi connectivity index (χ4n) is 3.41. The van der Waals surface area contributed by atoms with E-state index in [1.54, 1.807) is 0 Å². The number of carbonyl (C=O) groups excluding carboxylic acids is 2. The van der Waals surface area contributed by atoms with Crippen LogP contribution >= 0.6 is 11.8 Å². The Hall–Kier alpha value is -2.02. The molecule has 1 aliphatic heterocycles. The zero-order chi connectivity index (χ0) is 18.9. The number of anilines is 1. The van der Waals surface area contributed by atoms with Gasteiger partial charge in [-0.05, 0) is 49.9 Å². The van der Waals surface area contributed by atoms with Crippen LogP contribution < -0.4 is 5.32 Å². The van der Waals surface area contributed by atoms with E-state index in [2.05, 4.69) is 5.32 Å². The molecule has 1 aromatic carbocycles. The van der Waals surface area contributed by atoms with Crippen LogP contribution in [0.4, 0.5) is 5.69 Å². The van der Waals surface area contributed by atoms with Gasteiger partial charge >= 0.3 is 5.97 Å². The van der Waals surface area contributed by atoms with Crippen molar-refractivity contribution in [2.75, 3.05) is 16.9 Å². The minimum atomic E-state index is -0.931. The maximum absolute atomic E-state index is 12.7. The van der Waals surface area contributed by atoms with Gasteiger partial charge in [0.15, 0.2) is 0 Å². The summed E-state index contributed by atoms with van der Waals surface area (Å²) in [5, 5.41) is 12.3. The molecule has 6 nitrogen and oxygen atoms in total. The fourth-order valence-corrected chi connectivity index (χ4v) is 4.59. The van der Waals surface area contributed by atoms with Crippen LogP contribution in [0.3, 0.4) is 0 Å².